The lowest BCUT2D eigenvalue weighted by Crippen LogP contribution is -2.48. The third-order valence-corrected chi connectivity index (χ3v) is 4.48. The number of aliphatic hydroxyl groups is 1. The smallest absolute Gasteiger partial charge is 0.242 e. The normalized spacial score (nSPS) is 21.1. The maximum atomic E-state index is 12.3. The summed E-state index contributed by atoms with van der Waals surface area (Å²) in [4.78, 5) is 20.6. The summed E-state index contributed by atoms with van der Waals surface area (Å²) in [5, 5.41) is 19.2. The molecule has 2 aromatic rings. The van der Waals surface area contributed by atoms with E-state index in [0.29, 0.717) is 25.1 Å². The first-order valence-electron chi connectivity index (χ1n) is 8.04. The van der Waals surface area contributed by atoms with Gasteiger partial charge in [0.05, 0.1) is 6.10 Å². The van der Waals surface area contributed by atoms with Crippen LogP contribution in [0.1, 0.15) is 30.8 Å². The third-order valence-electron chi connectivity index (χ3n) is 4.31. The highest BCUT2D eigenvalue weighted by atomic mass is 35.5. The number of aromatic amines is 1. The molecule has 0 bridgehead atoms. The van der Waals surface area contributed by atoms with Gasteiger partial charge in [0, 0.05) is 37.2 Å². The van der Waals surface area contributed by atoms with Gasteiger partial charge in [0.2, 0.25) is 11.2 Å². The Bertz CT molecular complexity index is 672. The molecule has 1 atom stereocenters. The minimum atomic E-state index is -0.255. The summed E-state index contributed by atoms with van der Waals surface area (Å²) in [6, 6.07) is 5.73. The zero-order chi connectivity index (χ0) is 16.9. The Morgan fingerprint density at radius 2 is 2.29 bits per heavy atom. The van der Waals surface area contributed by atoms with Gasteiger partial charge in [-0.15, -0.1) is 5.10 Å². The first-order valence-corrected chi connectivity index (χ1v) is 8.42. The van der Waals surface area contributed by atoms with Crippen molar-refractivity contribution in [2.45, 2.75) is 44.2 Å². The average molecular weight is 350 g/mol. The molecule has 0 aromatic carbocycles. The number of nitrogens with one attached hydrogen (secondary N) is 2. The van der Waals surface area contributed by atoms with E-state index >= 15 is 0 Å². The van der Waals surface area contributed by atoms with Crippen LogP contribution in [0.4, 0.5) is 0 Å². The number of amides is 1. The largest absolute Gasteiger partial charge is 0.393 e. The molecule has 7 nitrogen and oxygen atoms in total. The van der Waals surface area contributed by atoms with Crippen molar-refractivity contribution in [2.24, 2.45) is 5.92 Å². The van der Waals surface area contributed by atoms with Crippen LogP contribution in [0.2, 0.25) is 5.28 Å². The molecule has 2 heterocycles. The minimum absolute atomic E-state index is 0.0193. The van der Waals surface area contributed by atoms with E-state index in [2.05, 4.69) is 25.5 Å². The van der Waals surface area contributed by atoms with E-state index in [9.17, 15) is 9.90 Å². The second kappa shape index (κ2) is 7.72. The van der Waals surface area contributed by atoms with Crippen LogP contribution in [0.5, 0.6) is 0 Å². The van der Waals surface area contributed by atoms with E-state index in [0.717, 1.165) is 18.5 Å². The van der Waals surface area contributed by atoms with Gasteiger partial charge in [-0.25, -0.2) is 4.98 Å². The first-order chi connectivity index (χ1) is 11.6. The Hall–Kier alpha value is -1.99. The van der Waals surface area contributed by atoms with Crippen LogP contribution in [0, 0.1) is 5.92 Å². The number of aryl methyl sites for hydroxylation is 1. The SMILES string of the molecule is O=C(CCc1nc(Cl)n[nH]1)N[C@H](Cc1ccccn1)C1CC(O)C1. The average Bonchev–Trinajstić information content (AvgIpc) is 2.96. The molecule has 0 aliphatic heterocycles. The van der Waals surface area contributed by atoms with Crippen molar-refractivity contribution >= 4 is 17.5 Å². The highest BCUT2D eigenvalue weighted by Gasteiger charge is 2.34. The molecule has 0 radical (unpaired) electrons. The number of carbonyl (C=O) groups is 1. The van der Waals surface area contributed by atoms with E-state index in [-0.39, 0.29) is 29.3 Å². The molecule has 3 rings (SSSR count). The van der Waals surface area contributed by atoms with Crippen LogP contribution in [-0.2, 0) is 17.6 Å². The minimum Gasteiger partial charge on any atom is -0.393 e. The second-order valence-electron chi connectivity index (χ2n) is 6.14. The van der Waals surface area contributed by atoms with Crippen molar-refractivity contribution in [3.05, 3.63) is 41.2 Å². The van der Waals surface area contributed by atoms with Gasteiger partial charge in [0.25, 0.3) is 0 Å². The van der Waals surface area contributed by atoms with Crippen LogP contribution in [-0.4, -0.2) is 43.3 Å². The van der Waals surface area contributed by atoms with Gasteiger partial charge in [-0.2, -0.15) is 0 Å². The van der Waals surface area contributed by atoms with Crippen molar-refractivity contribution in [1.82, 2.24) is 25.5 Å². The number of hydrogen-bond donors (Lipinski definition) is 3. The van der Waals surface area contributed by atoms with Crippen LogP contribution >= 0.6 is 11.6 Å². The molecule has 8 heteroatoms. The summed E-state index contributed by atoms with van der Waals surface area (Å²) >= 11 is 5.65. The summed E-state index contributed by atoms with van der Waals surface area (Å²) in [6.07, 6.45) is 4.35. The number of nitrogens with zero attached hydrogens (tertiary/aromatic N) is 3. The van der Waals surface area contributed by atoms with Gasteiger partial charge < -0.3 is 10.4 Å². The number of halogens is 1. The lowest BCUT2D eigenvalue weighted by molar-refractivity contribution is -0.122. The van der Waals surface area contributed by atoms with E-state index in [1.54, 1.807) is 6.20 Å². The number of aliphatic hydroxyl groups excluding tert-OH is 1. The zero-order valence-corrected chi connectivity index (χ0v) is 13.9. The summed E-state index contributed by atoms with van der Waals surface area (Å²) in [5.41, 5.74) is 0.936. The summed E-state index contributed by atoms with van der Waals surface area (Å²) < 4.78 is 0. The molecule has 0 spiro atoms. The summed E-state index contributed by atoms with van der Waals surface area (Å²) in [6.45, 7) is 0. The predicted octanol–water partition coefficient (Wildman–Crippen LogP) is 1.28. The Morgan fingerprint density at radius 3 is 2.92 bits per heavy atom. The Morgan fingerprint density at radius 1 is 1.46 bits per heavy atom. The highest BCUT2D eigenvalue weighted by Crippen LogP contribution is 2.31. The maximum absolute atomic E-state index is 12.3. The molecule has 2 aromatic heterocycles. The lowest BCUT2D eigenvalue weighted by atomic mass is 9.76. The number of H-pyrrole nitrogens is 1. The fraction of sp³-hybridized carbons (Fsp3) is 0.500. The number of rotatable bonds is 7. The predicted molar refractivity (Wildman–Crippen MR) is 88.3 cm³/mol. The molecule has 1 aliphatic carbocycles. The topological polar surface area (TPSA) is 104 Å². The molecule has 1 amide bonds. The van der Waals surface area contributed by atoms with Crippen LogP contribution in [0.3, 0.4) is 0 Å². The quantitative estimate of drug-likeness (QED) is 0.698. The van der Waals surface area contributed by atoms with Crippen LogP contribution < -0.4 is 5.32 Å². The molecular formula is C16H20ClN5O2. The van der Waals surface area contributed by atoms with Crippen molar-refractivity contribution < 1.29 is 9.90 Å². The molecule has 128 valence electrons. The number of aromatic nitrogens is 4. The zero-order valence-electron chi connectivity index (χ0n) is 13.2. The molecule has 0 unspecified atom stereocenters. The molecule has 1 fully saturated rings. The molecule has 24 heavy (non-hydrogen) atoms. The molecule has 1 saturated carbocycles. The van der Waals surface area contributed by atoms with Gasteiger partial charge in [-0.3, -0.25) is 14.9 Å². The molecule has 0 saturated heterocycles. The highest BCUT2D eigenvalue weighted by molar-refractivity contribution is 6.28. The van der Waals surface area contributed by atoms with Gasteiger partial charge >= 0.3 is 0 Å². The number of carbonyl (C=O) groups excluding carboxylic acids is 1. The Kier molecular flexibility index (Phi) is 5.42. The van der Waals surface area contributed by atoms with E-state index in [4.69, 9.17) is 11.6 Å². The van der Waals surface area contributed by atoms with Crippen molar-refractivity contribution in [1.29, 1.82) is 0 Å². The van der Waals surface area contributed by atoms with Gasteiger partial charge in [-0.05, 0) is 42.5 Å². The monoisotopic (exact) mass is 349 g/mol. The van der Waals surface area contributed by atoms with E-state index < -0.39 is 0 Å². The van der Waals surface area contributed by atoms with Crippen LogP contribution in [0.15, 0.2) is 24.4 Å². The summed E-state index contributed by atoms with van der Waals surface area (Å²) in [7, 11) is 0. The standard InChI is InChI=1S/C16H20ClN5O2/c17-16-20-14(21-22-16)4-5-15(24)19-13(10-7-12(23)8-10)9-11-3-1-2-6-18-11/h1-3,6,10,12-13,23H,4-5,7-9H2,(H,19,24)(H,20,21,22)/t10?,12?,13-/m1/s1. The van der Waals surface area contributed by atoms with Crippen molar-refractivity contribution in [2.75, 3.05) is 0 Å². The van der Waals surface area contributed by atoms with Gasteiger partial charge in [0.15, 0.2) is 0 Å². The van der Waals surface area contributed by atoms with Crippen molar-refractivity contribution in [3.8, 4) is 0 Å². The third kappa shape index (κ3) is 4.52. The lowest BCUT2D eigenvalue weighted by Gasteiger charge is -2.38. The Balaban J connectivity index is 1.55. The molecular weight excluding hydrogens is 330 g/mol. The van der Waals surface area contributed by atoms with Crippen LogP contribution in [0.25, 0.3) is 0 Å². The Labute approximate surface area is 144 Å². The fourth-order valence-corrected chi connectivity index (χ4v) is 3.08. The van der Waals surface area contributed by atoms with Gasteiger partial charge in [-0.1, -0.05) is 6.07 Å². The molecule has 3 N–H and O–H groups in total. The molecule has 1 aliphatic rings. The van der Waals surface area contributed by atoms with E-state index in [1.165, 1.54) is 0 Å². The number of pyridine rings is 1. The second-order valence-corrected chi connectivity index (χ2v) is 6.47. The van der Waals surface area contributed by atoms with E-state index in [1.807, 2.05) is 18.2 Å². The maximum Gasteiger partial charge on any atom is 0.242 e. The number of hydrogen-bond acceptors (Lipinski definition) is 5. The fourth-order valence-electron chi connectivity index (χ4n) is 2.93. The first kappa shape index (κ1) is 16.9. The van der Waals surface area contributed by atoms with Gasteiger partial charge in [0.1, 0.15) is 5.82 Å². The van der Waals surface area contributed by atoms with Crippen molar-refractivity contribution in [3.63, 3.8) is 0 Å². The summed E-state index contributed by atoms with van der Waals surface area (Å²) in [5.74, 6) is 0.825.